The van der Waals surface area contributed by atoms with Crippen molar-refractivity contribution in [1.29, 1.82) is 0 Å². The predicted molar refractivity (Wildman–Crippen MR) is 111 cm³/mol. The van der Waals surface area contributed by atoms with E-state index in [-0.39, 0.29) is 12.2 Å². The van der Waals surface area contributed by atoms with Crippen LogP contribution in [-0.2, 0) is 15.1 Å². The summed E-state index contributed by atoms with van der Waals surface area (Å²) in [6, 6.07) is 12.0. The average molecular weight is 424 g/mol. The van der Waals surface area contributed by atoms with Gasteiger partial charge >= 0.3 is 0 Å². The monoisotopic (exact) mass is 424 g/mol. The molecule has 2 aromatic rings. The van der Waals surface area contributed by atoms with Crippen molar-refractivity contribution in [1.82, 2.24) is 4.90 Å². The van der Waals surface area contributed by atoms with E-state index in [4.69, 9.17) is 14.2 Å². The Balaban J connectivity index is 1.41. The summed E-state index contributed by atoms with van der Waals surface area (Å²) >= 11 is 0. The molecule has 2 aromatic carbocycles. The van der Waals surface area contributed by atoms with Crippen molar-refractivity contribution in [2.24, 2.45) is 0 Å². The molecule has 0 aromatic heterocycles. The molecule has 0 bridgehead atoms. The summed E-state index contributed by atoms with van der Waals surface area (Å²) in [5.74, 6) is 0.263. The minimum absolute atomic E-state index is 0.337. The van der Waals surface area contributed by atoms with Crippen LogP contribution in [0.2, 0.25) is 0 Å². The number of aliphatic hydroxyl groups is 1. The van der Waals surface area contributed by atoms with Gasteiger partial charge in [0.15, 0.2) is 22.9 Å². The number of benzene rings is 2. The van der Waals surface area contributed by atoms with Crippen molar-refractivity contribution < 1.29 is 28.9 Å². The van der Waals surface area contributed by atoms with Crippen molar-refractivity contribution in [3.05, 3.63) is 53.6 Å². The molecule has 5 rings (SSSR count). The number of hydrogen-bond donors (Lipinski definition) is 1. The van der Waals surface area contributed by atoms with E-state index in [1.54, 1.807) is 41.3 Å². The zero-order valence-electron chi connectivity index (χ0n) is 17.1. The van der Waals surface area contributed by atoms with Crippen LogP contribution in [0.3, 0.4) is 0 Å². The summed E-state index contributed by atoms with van der Waals surface area (Å²) in [6.45, 7) is 3.86. The van der Waals surface area contributed by atoms with Gasteiger partial charge in [-0.25, -0.2) is 0 Å². The third kappa shape index (κ3) is 3.56. The number of carbonyl (C=O) groups excluding carboxylic acids is 2. The number of ketones is 1. The first-order chi connectivity index (χ1) is 15.1. The van der Waals surface area contributed by atoms with Crippen LogP contribution in [0.15, 0.2) is 42.5 Å². The van der Waals surface area contributed by atoms with E-state index >= 15 is 0 Å². The summed E-state index contributed by atoms with van der Waals surface area (Å²) < 4.78 is 16.4. The first-order valence-electron chi connectivity index (χ1n) is 10.4. The molecule has 1 saturated heterocycles. The van der Waals surface area contributed by atoms with E-state index < -0.39 is 11.5 Å². The smallest absolute Gasteiger partial charge is 0.265 e. The second-order valence-corrected chi connectivity index (χ2v) is 7.94. The van der Waals surface area contributed by atoms with Crippen LogP contribution in [0, 0.1) is 0 Å². The molecule has 0 saturated carbocycles. The van der Waals surface area contributed by atoms with Crippen molar-refractivity contribution >= 4 is 17.4 Å². The van der Waals surface area contributed by atoms with E-state index in [1.807, 2.05) is 6.07 Å². The van der Waals surface area contributed by atoms with Crippen LogP contribution in [0.25, 0.3) is 0 Å². The molecule has 1 N–H and O–H groups in total. The lowest BCUT2D eigenvalue weighted by molar-refractivity contribution is -0.136. The maximum atomic E-state index is 13.4. The van der Waals surface area contributed by atoms with E-state index in [9.17, 15) is 14.7 Å². The number of rotatable bonds is 5. The molecule has 3 aliphatic heterocycles. The normalized spacial score (nSPS) is 23.0. The van der Waals surface area contributed by atoms with Crippen LogP contribution in [-0.4, -0.2) is 67.9 Å². The number of morpholine rings is 1. The number of nitrogens with zero attached hydrogens (tertiary/aromatic N) is 2. The Labute approximate surface area is 179 Å². The largest absolute Gasteiger partial charge is 0.486 e. The van der Waals surface area contributed by atoms with Gasteiger partial charge in [0.05, 0.1) is 32.0 Å². The molecular weight excluding hydrogens is 400 g/mol. The SMILES string of the molecule is O=C(CC1(O)C(=O)N(CN2CCOCC2)c2ccccc21)c1ccc2c(c1)OCCO2. The highest BCUT2D eigenvalue weighted by molar-refractivity contribution is 6.10. The van der Waals surface area contributed by atoms with Crippen LogP contribution in [0.1, 0.15) is 22.3 Å². The van der Waals surface area contributed by atoms with Crippen LogP contribution in [0.4, 0.5) is 5.69 Å². The Bertz CT molecular complexity index is 1020. The number of anilines is 1. The van der Waals surface area contributed by atoms with Crippen molar-refractivity contribution in [2.45, 2.75) is 12.0 Å². The van der Waals surface area contributed by atoms with Crippen molar-refractivity contribution in [3.8, 4) is 11.5 Å². The molecule has 3 aliphatic rings. The van der Waals surface area contributed by atoms with Gasteiger partial charge in [0.2, 0.25) is 0 Å². The van der Waals surface area contributed by atoms with Gasteiger partial charge in [-0.3, -0.25) is 19.4 Å². The molecule has 162 valence electrons. The zero-order chi connectivity index (χ0) is 21.4. The van der Waals surface area contributed by atoms with Crippen molar-refractivity contribution in [2.75, 3.05) is 51.1 Å². The maximum absolute atomic E-state index is 13.4. The zero-order valence-corrected chi connectivity index (χ0v) is 17.1. The average Bonchev–Trinajstić information content (AvgIpc) is 3.01. The summed E-state index contributed by atoms with van der Waals surface area (Å²) in [7, 11) is 0. The van der Waals surface area contributed by atoms with Gasteiger partial charge in [-0.15, -0.1) is 0 Å². The highest BCUT2D eigenvalue weighted by Crippen LogP contribution is 2.43. The summed E-state index contributed by atoms with van der Waals surface area (Å²) in [4.78, 5) is 30.1. The standard InChI is InChI=1S/C23H24N2O6/c26-19(16-5-6-20-21(13-16)31-12-11-30-20)14-23(28)17-3-1-2-4-18(17)25(22(23)27)15-24-7-9-29-10-8-24/h1-6,13,28H,7-12,14-15H2. The molecule has 8 heteroatoms. The number of hydrogen-bond acceptors (Lipinski definition) is 7. The number of Topliss-reactive ketones (excluding diaryl/α,β-unsaturated/α-hetero) is 1. The van der Waals surface area contributed by atoms with E-state index in [0.717, 1.165) is 0 Å². The third-order valence-electron chi connectivity index (χ3n) is 5.97. The Morgan fingerprint density at radius 3 is 2.55 bits per heavy atom. The van der Waals surface area contributed by atoms with Gasteiger partial charge in [0.1, 0.15) is 13.2 Å². The lowest BCUT2D eigenvalue weighted by Gasteiger charge is -2.31. The highest BCUT2D eigenvalue weighted by atomic mass is 16.6. The molecule has 1 atom stereocenters. The molecule has 8 nitrogen and oxygen atoms in total. The fourth-order valence-corrected chi connectivity index (χ4v) is 4.31. The minimum atomic E-state index is -1.91. The Kier molecular flexibility index (Phi) is 5.13. The fraction of sp³-hybridized carbons (Fsp3) is 0.391. The highest BCUT2D eigenvalue weighted by Gasteiger charge is 2.51. The Morgan fingerprint density at radius 2 is 1.74 bits per heavy atom. The predicted octanol–water partition coefficient (Wildman–Crippen LogP) is 1.55. The topological polar surface area (TPSA) is 88.5 Å². The molecule has 0 aliphatic carbocycles. The third-order valence-corrected chi connectivity index (χ3v) is 5.97. The van der Waals surface area contributed by atoms with E-state index in [0.29, 0.717) is 74.5 Å². The first kappa shape index (κ1) is 20.0. The maximum Gasteiger partial charge on any atom is 0.265 e. The lowest BCUT2D eigenvalue weighted by Crippen LogP contribution is -2.49. The van der Waals surface area contributed by atoms with Gasteiger partial charge < -0.3 is 19.3 Å². The van der Waals surface area contributed by atoms with Gasteiger partial charge in [-0.05, 0) is 24.3 Å². The molecule has 1 amide bonds. The molecule has 31 heavy (non-hydrogen) atoms. The number of para-hydroxylation sites is 1. The molecule has 0 spiro atoms. The molecular formula is C23H24N2O6. The van der Waals surface area contributed by atoms with E-state index in [2.05, 4.69) is 4.90 Å². The summed E-state index contributed by atoms with van der Waals surface area (Å²) in [5, 5.41) is 11.5. The summed E-state index contributed by atoms with van der Waals surface area (Å²) in [5.41, 5.74) is -0.446. The minimum Gasteiger partial charge on any atom is -0.486 e. The van der Waals surface area contributed by atoms with Gasteiger partial charge in [-0.1, -0.05) is 18.2 Å². The molecule has 1 unspecified atom stereocenters. The molecule has 3 heterocycles. The first-order valence-corrected chi connectivity index (χ1v) is 10.4. The number of carbonyl (C=O) groups is 2. The lowest BCUT2D eigenvalue weighted by atomic mass is 9.88. The Hall–Kier alpha value is -2.94. The Morgan fingerprint density at radius 1 is 1.00 bits per heavy atom. The second kappa shape index (κ2) is 7.96. The van der Waals surface area contributed by atoms with Crippen LogP contribution >= 0.6 is 0 Å². The number of ether oxygens (including phenoxy) is 3. The van der Waals surface area contributed by atoms with Gasteiger partial charge in [0, 0.05) is 24.2 Å². The van der Waals surface area contributed by atoms with Crippen molar-refractivity contribution in [3.63, 3.8) is 0 Å². The fourth-order valence-electron chi connectivity index (χ4n) is 4.31. The quantitative estimate of drug-likeness (QED) is 0.729. The van der Waals surface area contributed by atoms with Crippen LogP contribution in [0.5, 0.6) is 11.5 Å². The number of amides is 1. The second-order valence-electron chi connectivity index (χ2n) is 7.94. The van der Waals surface area contributed by atoms with E-state index in [1.165, 1.54) is 0 Å². The van der Waals surface area contributed by atoms with Gasteiger partial charge in [0.25, 0.3) is 5.91 Å². The number of fused-ring (bicyclic) bond motifs is 2. The van der Waals surface area contributed by atoms with Gasteiger partial charge in [-0.2, -0.15) is 0 Å². The molecule has 0 radical (unpaired) electrons. The van der Waals surface area contributed by atoms with Crippen LogP contribution < -0.4 is 14.4 Å². The molecule has 1 fully saturated rings. The summed E-state index contributed by atoms with van der Waals surface area (Å²) in [6.07, 6.45) is -0.345.